The van der Waals surface area contributed by atoms with E-state index >= 15 is 0 Å². The smallest absolute Gasteiger partial charge is 0.244 e. The van der Waals surface area contributed by atoms with Gasteiger partial charge in [0.15, 0.2) is 0 Å². The molecule has 0 bridgehead atoms. The number of amides is 1. The van der Waals surface area contributed by atoms with Crippen molar-refractivity contribution in [1.82, 2.24) is 10.3 Å². The van der Waals surface area contributed by atoms with Crippen LogP contribution in [0.2, 0.25) is 0 Å². The first-order valence-electron chi connectivity index (χ1n) is 7.75. The van der Waals surface area contributed by atoms with Gasteiger partial charge in [0.1, 0.15) is 5.75 Å². The molecule has 4 nitrogen and oxygen atoms in total. The lowest BCUT2D eigenvalue weighted by atomic mass is 10.1. The zero-order chi connectivity index (χ0) is 16.5. The van der Waals surface area contributed by atoms with Crippen molar-refractivity contribution in [2.24, 2.45) is 0 Å². The quantitative estimate of drug-likeness (QED) is 0.799. The summed E-state index contributed by atoms with van der Waals surface area (Å²) in [4.78, 5) is 15.7. The molecule has 0 unspecified atom stereocenters. The van der Waals surface area contributed by atoms with Crippen LogP contribution in [0.3, 0.4) is 0 Å². The highest BCUT2D eigenvalue weighted by atomic mass is 16.5. The summed E-state index contributed by atoms with van der Waals surface area (Å²) in [6.07, 6.45) is 7.65. The van der Waals surface area contributed by atoms with E-state index in [0.29, 0.717) is 6.54 Å². The highest BCUT2D eigenvalue weighted by Crippen LogP contribution is 2.13. The van der Waals surface area contributed by atoms with Crippen LogP contribution in [-0.2, 0) is 11.2 Å². The summed E-state index contributed by atoms with van der Waals surface area (Å²) >= 11 is 0. The number of hydrogen-bond acceptors (Lipinski definition) is 3. The first kappa shape index (κ1) is 16.7. The van der Waals surface area contributed by atoms with Crippen molar-refractivity contribution in [3.63, 3.8) is 0 Å². The molecular formula is C19H22N2O2. The summed E-state index contributed by atoms with van der Waals surface area (Å²) in [7, 11) is 0. The number of nitrogens with zero attached hydrogens (tertiary/aromatic N) is 1. The second-order valence-corrected chi connectivity index (χ2v) is 5.47. The predicted octanol–water partition coefficient (Wildman–Crippen LogP) is 3.24. The minimum Gasteiger partial charge on any atom is -0.491 e. The van der Waals surface area contributed by atoms with Crippen LogP contribution in [0, 0.1) is 0 Å². The molecule has 120 valence electrons. The maximum absolute atomic E-state index is 11.7. The second kappa shape index (κ2) is 8.73. The number of carbonyl (C=O) groups is 1. The third-order valence-electron chi connectivity index (χ3n) is 3.12. The van der Waals surface area contributed by atoms with E-state index < -0.39 is 0 Å². The third-order valence-corrected chi connectivity index (χ3v) is 3.12. The lowest BCUT2D eigenvalue weighted by Gasteiger charge is -2.10. The van der Waals surface area contributed by atoms with Crippen molar-refractivity contribution >= 4 is 12.0 Å². The molecule has 23 heavy (non-hydrogen) atoms. The maximum atomic E-state index is 11.7. The van der Waals surface area contributed by atoms with Crippen LogP contribution in [0.4, 0.5) is 0 Å². The molecule has 0 saturated carbocycles. The highest BCUT2D eigenvalue weighted by molar-refractivity contribution is 5.91. The van der Waals surface area contributed by atoms with Gasteiger partial charge in [0.05, 0.1) is 6.10 Å². The van der Waals surface area contributed by atoms with Crippen molar-refractivity contribution in [2.75, 3.05) is 6.54 Å². The Morgan fingerprint density at radius 3 is 2.70 bits per heavy atom. The molecule has 0 radical (unpaired) electrons. The summed E-state index contributed by atoms with van der Waals surface area (Å²) in [5.74, 6) is 0.765. The van der Waals surface area contributed by atoms with Crippen molar-refractivity contribution in [3.8, 4) is 5.75 Å². The Balaban J connectivity index is 1.74. The first-order valence-corrected chi connectivity index (χ1v) is 7.75. The number of pyridine rings is 1. The molecule has 1 aromatic heterocycles. The summed E-state index contributed by atoms with van der Waals surface area (Å²) in [5, 5.41) is 2.87. The van der Waals surface area contributed by atoms with Crippen LogP contribution in [0.5, 0.6) is 5.75 Å². The number of rotatable bonds is 7. The van der Waals surface area contributed by atoms with E-state index in [4.69, 9.17) is 4.74 Å². The molecule has 0 aliphatic carbocycles. The van der Waals surface area contributed by atoms with Crippen LogP contribution in [0.15, 0.2) is 54.9 Å². The van der Waals surface area contributed by atoms with E-state index in [1.807, 2.05) is 50.2 Å². The molecule has 0 aliphatic heterocycles. The topological polar surface area (TPSA) is 51.2 Å². The molecule has 2 aromatic rings. The summed E-state index contributed by atoms with van der Waals surface area (Å²) in [6.45, 7) is 4.60. The minimum atomic E-state index is -0.103. The average molecular weight is 310 g/mol. The Labute approximate surface area is 137 Å². The fraction of sp³-hybridized carbons (Fsp3) is 0.263. The van der Waals surface area contributed by atoms with E-state index in [1.54, 1.807) is 18.5 Å². The van der Waals surface area contributed by atoms with Gasteiger partial charge in [-0.3, -0.25) is 9.78 Å². The molecule has 0 atom stereocenters. The second-order valence-electron chi connectivity index (χ2n) is 5.47. The van der Waals surface area contributed by atoms with Crippen molar-refractivity contribution < 1.29 is 9.53 Å². The van der Waals surface area contributed by atoms with Crippen LogP contribution in [0.25, 0.3) is 6.08 Å². The number of benzene rings is 1. The van der Waals surface area contributed by atoms with E-state index in [2.05, 4.69) is 10.3 Å². The van der Waals surface area contributed by atoms with Crippen LogP contribution in [-0.4, -0.2) is 23.5 Å². The zero-order valence-corrected chi connectivity index (χ0v) is 13.5. The number of carbonyl (C=O) groups excluding carboxylic acids is 1. The molecule has 1 heterocycles. The summed E-state index contributed by atoms with van der Waals surface area (Å²) < 4.78 is 5.60. The van der Waals surface area contributed by atoms with Crippen molar-refractivity contribution in [2.45, 2.75) is 26.4 Å². The van der Waals surface area contributed by atoms with Gasteiger partial charge in [-0.2, -0.15) is 0 Å². The summed E-state index contributed by atoms with van der Waals surface area (Å²) in [6, 6.07) is 11.7. The van der Waals surface area contributed by atoms with Gasteiger partial charge in [0, 0.05) is 25.0 Å². The fourth-order valence-corrected chi connectivity index (χ4v) is 2.04. The standard InChI is InChI=1S/C19H22N2O2/c1-15(2)23-18-8-5-16(6-9-18)11-13-21-19(22)10-7-17-4-3-12-20-14-17/h3-10,12,14-15H,11,13H2,1-2H3,(H,21,22). The molecule has 0 saturated heterocycles. The lowest BCUT2D eigenvalue weighted by molar-refractivity contribution is -0.116. The third kappa shape index (κ3) is 6.34. The monoisotopic (exact) mass is 310 g/mol. The molecule has 0 aliphatic rings. The van der Waals surface area contributed by atoms with Crippen LogP contribution < -0.4 is 10.1 Å². The fourth-order valence-electron chi connectivity index (χ4n) is 2.04. The molecule has 2 rings (SSSR count). The zero-order valence-electron chi connectivity index (χ0n) is 13.5. The first-order chi connectivity index (χ1) is 11.1. The van der Waals surface area contributed by atoms with E-state index in [9.17, 15) is 4.79 Å². The van der Waals surface area contributed by atoms with E-state index in [1.165, 1.54) is 6.08 Å². The Kier molecular flexibility index (Phi) is 6.36. The lowest BCUT2D eigenvalue weighted by Crippen LogP contribution is -2.23. The molecule has 1 aromatic carbocycles. The number of ether oxygens (including phenoxy) is 1. The van der Waals surface area contributed by atoms with Gasteiger partial charge in [-0.25, -0.2) is 0 Å². The average Bonchev–Trinajstić information content (AvgIpc) is 2.55. The predicted molar refractivity (Wildman–Crippen MR) is 92.2 cm³/mol. The molecular weight excluding hydrogens is 288 g/mol. The Morgan fingerprint density at radius 2 is 2.04 bits per heavy atom. The largest absolute Gasteiger partial charge is 0.491 e. The van der Waals surface area contributed by atoms with Gasteiger partial charge < -0.3 is 10.1 Å². The maximum Gasteiger partial charge on any atom is 0.244 e. The van der Waals surface area contributed by atoms with Gasteiger partial charge in [-0.05, 0) is 55.7 Å². The molecule has 1 amide bonds. The molecule has 1 N–H and O–H groups in total. The molecule has 0 spiro atoms. The van der Waals surface area contributed by atoms with E-state index in [-0.39, 0.29) is 12.0 Å². The SMILES string of the molecule is CC(C)Oc1ccc(CCNC(=O)C=Cc2cccnc2)cc1. The Morgan fingerprint density at radius 1 is 1.26 bits per heavy atom. The number of nitrogens with one attached hydrogen (secondary N) is 1. The summed E-state index contributed by atoms with van der Waals surface area (Å²) in [5.41, 5.74) is 2.07. The van der Waals surface area contributed by atoms with Crippen molar-refractivity contribution in [3.05, 3.63) is 66.0 Å². The van der Waals surface area contributed by atoms with Gasteiger partial charge in [-0.1, -0.05) is 18.2 Å². The van der Waals surface area contributed by atoms with Gasteiger partial charge in [0.25, 0.3) is 0 Å². The van der Waals surface area contributed by atoms with E-state index in [0.717, 1.165) is 23.3 Å². The normalized spacial score (nSPS) is 10.9. The Hall–Kier alpha value is -2.62. The van der Waals surface area contributed by atoms with Gasteiger partial charge >= 0.3 is 0 Å². The number of aromatic nitrogens is 1. The minimum absolute atomic E-state index is 0.103. The van der Waals surface area contributed by atoms with Gasteiger partial charge in [0.2, 0.25) is 5.91 Å². The van der Waals surface area contributed by atoms with Gasteiger partial charge in [-0.15, -0.1) is 0 Å². The number of hydrogen-bond donors (Lipinski definition) is 1. The van der Waals surface area contributed by atoms with Crippen molar-refractivity contribution in [1.29, 1.82) is 0 Å². The molecule has 0 fully saturated rings. The van der Waals surface area contributed by atoms with Crippen LogP contribution in [0.1, 0.15) is 25.0 Å². The highest BCUT2D eigenvalue weighted by Gasteiger charge is 1.99. The van der Waals surface area contributed by atoms with Crippen LogP contribution >= 0.6 is 0 Å². The Bertz CT molecular complexity index is 634. The molecule has 4 heteroatoms.